The lowest BCUT2D eigenvalue weighted by Crippen LogP contribution is -2.04. The summed E-state index contributed by atoms with van der Waals surface area (Å²) in [7, 11) is 0. The lowest BCUT2D eigenvalue weighted by Gasteiger charge is -2.13. The van der Waals surface area contributed by atoms with E-state index in [9.17, 15) is 9.90 Å². The molecule has 0 aliphatic carbocycles. The first-order valence-corrected chi connectivity index (χ1v) is 10.3. The molecule has 0 atom stereocenters. The molecule has 5 aromatic rings. The molecule has 2 heterocycles. The minimum absolute atomic E-state index is 0.131. The number of hydrogen-bond donors (Lipinski definition) is 2. The minimum atomic E-state index is -0.917. The molecule has 0 amide bonds. The van der Waals surface area contributed by atoms with Crippen molar-refractivity contribution in [2.75, 3.05) is 0 Å². The summed E-state index contributed by atoms with van der Waals surface area (Å²) >= 11 is 0. The molecule has 0 fully saturated rings. The van der Waals surface area contributed by atoms with E-state index in [1.807, 2.05) is 36.4 Å². The second-order valence-electron chi connectivity index (χ2n) is 7.63. The van der Waals surface area contributed by atoms with Crippen molar-refractivity contribution < 1.29 is 23.5 Å². The van der Waals surface area contributed by atoms with Crippen LogP contribution in [0, 0.1) is 0 Å². The van der Waals surface area contributed by atoms with Crippen LogP contribution in [0.2, 0.25) is 0 Å². The Labute approximate surface area is 183 Å². The molecule has 2 aromatic heterocycles. The molecule has 5 rings (SSSR count). The average molecular weight is 427 g/mol. The van der Waals surface area contributed by atoms with E-state index in [0.29, 0.717) is 23.4 Å². The molecule has 0 radical (unpaired) electrons. The standard InChI is InChI=1S/C26H21NO5/c27-14-16-2-1-3-18(10-16)22-12-17(11-20-6-8-31-26(20)22)15-32-25-19(13-24(28)29)4-5-23-21(25)7-9-30-23/h1-12H,13-15,27H2,(H,28,29). The molecular formula is C26H21NO5. The van der Waals surface area contributed by atoms with Gasteiger partial charge in [0.15, 0.2) is 0 Å². The number of rotatable bonds is 7. The Hall–Kier alpha value is -4.03. The molecule has 3 N–H and O–H groups in total. The van der Waals surface area contributed by atoms with Gasteiger partial charge in [-0.2, -0.15) is 0 Å². The summed E-state index contributed by atoms with van der Waals surface area (Å²) in [6.07, 6.45) is 3.11. The van der Waals surface area contributed by atoms with Gasteiger partial charge in [-0.25, -0.2) is 0 Å². The minimum Gasteiger partial charge on any atom is -0.488 e. The van der Waals surface area contributed by atoms with Gasteiger partial charge in [0, 0.05) is 23.1 Å². The smallest absolute Gasteiger partial charge is 0.307 e. The van der Waals surface area contributed by atoms with Gasteiger partial charge in [-0.15, -0.1) is 0 Å². The monoisotopic (exact) mass is 427 g/mol. The summed E-state index contributed by atoms with van der Waals surface area (Å²) < 4.78 is 17.4. The van der Waals surface area contributed by atoms with Crippen molar-refractivity contribution in [3.8, 4) is 16.9 Å². The maximum absolute atomic E-state index is 11.3. The second kappa shape index (κ2) is 8.24. The van der Waals surface area contributed by atoms with Crippen LogP contribution in [-0.2, 0) is 24.4 Å². The highest BCUT2D eigenvalue weighted by atomic mass is 16.5. The largest absolute Gasteiger partial charge is 0.488 e. The fourth-order valence-electron chi connectivity index (χ4n) is 4.00. The zero-order valence-electron chi connectivity index (χ0n) is 17.2. The van der Waals surface area contributed by atoms with E-state index in [4.69, 9.17) is 19.3 Å². The summed E-state index contributed by atoms with van der Waals surface area (Å²) in [5.74, 6) is -0.391. The molecule has 0 saturated heterocycles. The van der Waals surface area contributed by atoms with E-state index < -0.39 is 5.97 Å². The number of hydrogen-bond acceptors (Lipinski definition) is 5. The first-order valence-electron chi connectivity index (χ1n) is 10.3. The quantitative estimate of drug-likeness (QED) is 0.355. The maximum Gasteiger partial charge on any atom is 0.307 e. The number of carboxylic acids is 1. The van der Waals surface area contributed by atoms with Gasteiger partial charge in [0.2, 0.25) is 0 Å². The second-order valence-corrected chi connectivity index (χ2v) is 7.63. The molecule has 0 unspecified atom stereocenters. The van der Waals surface area contributed by atoms with Crippen molar-refractivity contribution in [1.29, 1.82) is 0 Å². The van der Waals surface area contributed by atoms with E-state index in [-0.39, 0.29) is 13.0 Å². The van der Waals surface area contributed by atoms with Crippen LogP contribution in [0.15, 0.2) is 82.0 Å². The van der Waals surface area contributed by atoms with Crippen LogP contribution in [0.3, 0.4) is 0 Å². The predicted molar refractivity (Wildman–Crippen MR) is 121 cm³/mol. The van der Waals surface area contributed by atoms with Gasteiger partial charge < -0.3 is 24.4 Å². The normalized spacial score (nSPS) is 11.3. The number of furan rings is 2. The highest BCUT2D eigenvalue weighted by Crippen LogP contribution is 2.34. The summed E-state index contributed by atoms with van der Waals surface area (Å²) in [4.78, 5) is 11.3. The third-order valence-electron chi connectivity index (χ3n) is 5.48. The van der Waals surface area contributed by atoms with Gasteiger partial charge in [-0.05, 0) is 53.1 Å². The molecule has 0 bridgehead atoms. The molecule has 6 heteroatoms. The van der Waals surface area contributed by atoms with Gasteiger partial charge in [0.1, 0.15) is 23.5 Å². The Bertz CT molecular complexity index is 1430. The lowest BCUT2D eigenvalue weighted by atomic mass is 9.99. The number of carbonyl (C=O) groups is 1. The third-order valence-corrected chi connectivity index (χ3v) is 5.48. The van der Waals surface area contributed by atoms with Crippen molar-refractivity contribution in [1.82, 2.24) is 0 Å². The predicted octanol–water partition coefficient (Wildman–Crippen LogP) is 5.51. The molecule has 0 aliphatic heterocycles. The number of ether oxygens (including phenoxy) is 1. The Morgan fingerprint density at radius 1 is 0.969 bits per heavy atom. The molecule has 3 aromatic carbocycles. The highest BCUT2D eigenvalue weighted by molar-refractivity contribution is 5.93. The summed E-state index contributed by atoms with van der Waals surface area (Å²) in [5.41, 5.74) is 11.8. The molecular weight excluding hydrogens is 406 g/mol. The fraction of sp³-hybridized carbons (Fsp3) is 0.115. The van der Waals surface area contributed by atoms with Crippen molar-refractivity contribution in [3.63, 3.8) is 0 Å². The van der Waals surface area contributed by atoms with E-state index >= 15 is 0 Å². The van der Waals surface area contributed by atoms with Gasteiger partial charge in [-0.1, -0.05) is 24.3 Å². The molecule has 6 nitrogen and oxygen atoms in total. The molecule has 0 spiro atoms. The summed E-state index contributed by atoms with van der Waals surface area (Å²) in [6, 6.07) is 19.3. The van der Waals surface area contributed by atoms with Crippen molar-refractivity contribution in [2.45, 2.75) is 19.6 Å². The third kappa shape index (κ3) is 3.72. The van der Waals surface area contributed by atoms with Crippen LogP contribution in [-0.4, -0.2) is 11.1 Å². The first kappa shape index (κ1) is 19.9. The number of aliphatic carboxylic acids is 1. The van der Waals surface area contributed by atoms with Gasteiger partial charge in [-0.3, -0.25) is 4.79 Å². The van der Waals surface area contributed by atoms with E-state index in [2.05, 4.69) is 6.07 Å². The average Bonchev–Trinajstić information content (AvgIpc) is 3.47. The molecule has 0 aliphatic rings. The molecule has 160 valence electrons. The van der Waals surface area contributed by atoms with Crippen LogP contribution in [0.25, 0.3) is 33.1 Å². The maximum atomic E-state index is 11.3. The first-order chi connectivity index (χ1) is 15.6. The van der Waals surface area contributed by atoms with Crippen LogP contribution in [0.4, 0.5) is 0 Å². The zero-order valence-corrected chi connectivity index (χ0v) is 17.2. The molecule has 0 saturated carbocycles. The Morgan fingerprint density at radius 3 is 2.69 bits per heavy atom. The number of nitrogens with two attached hydrogens (primary N) is 1. The molecule has 32 heavy (non-hydrogen) atoms. The van der Waals surface area contributed by atoms with E-state index in [1.54, 1.807) is 30.7 Å². The van der Waals surface area contributed by atoms with Crippen LogP contribution < -0.4 is 10.5 Å². The van der Waals surface area contributed by atoms with Gasteiger partial charge >= 0.3 is 5.97 Å². The Morgan fingerprint density at radius 2 is 1.84 bits per heavy atom. The van der Waals surface area contributed by atoms with Gasteiger partial charge in [0.05, 0.1) is 24.3 Å². The number of carboxylic acid groups (broad SMARTS) is 1. The SMILES string of the molecule is NCc1cccc(-c2cc(COc3c(CC(=O)O)ccc4occc34)cc3ccoc23)c1. The summed E-state index contributed by atoms with van der Waals surface area (Å²) in [5, 5.41) is 11.0. The Balaban J connectivity index is 1.53. The lowest BCUT2D eigenvalue weighted by molar-refractivity contribution is -0.136. The number of fused-ring (bicyclic) bond motifs is 2. The van der Waals surface area contributed by atoms with Crippen LogP contribution >= 0.6 is 0 Å². The van der Waals surface area contributed by atoms with E-state index in [0.717, 1.165) is 38.6 Å². The summed E-state index contributed by atoms with van der Waals surface area (Å²) in [6.45, 7) is 0.723. The fourth-order valence-corrected chi connectivity index (χ4v) is 4.00. The van der Waals surface area contributed by atoms with Crippen LogP contribution in [0.5, 0.6) is 5.75 Å². The number of benzene rings is 3. The Kier molecular flexibility index (Phi) is 5.13. The van der Waals surface area contributed by atoms with Crippen LogP contribution in [0.1, 0.15) is 16.7 Å². The topological polar surface area (TPSA) is 98.8 Å². The van der Waals surface area contributed by atoms with Crippen molar-refractivity contribution >= 4 is 27.9 Å². The highest BCUT2D eigenvalue weighted by Gasteiger charge is 2.15. The zero-order chi connectivity index (χ0) is 22.1. The van der Waals surface area contributed by atoms with E-state index in [1.165, 1.54) is 0 Å². The van der Waals surface area contributed by atoms with Gasteiger partial charge in [0.25, 0.3) is 0 Å². The van der Waals surface area contributed by atoms with Crippen molar-refractivity contribution in [3.05, 3.63) is 89.9 Å². The van der Waals surface area contributed by atoms with Crippen molar-refractivity contribution in [2.24, 2.45) is 5.73 Å².